The van der Waals surface area contributed by atoms with Crippen molar-refractivity contribution in [2.45, 2.75) is 76.3 Å². The largest absolute Gasteiger partial charge is 0.481 e. The highest BCUT2D eigenvalue weighted by Crippen LogP contribution is 2.57. The Bertz CT molecular complexity index is 1690. The first-order valence-electron chi connectivity index (χ1n) is 14.4. The molecule has 0 spiro atoms. The fourth-order valence-electron chi connectivity index (χ4n) is 6.41. The van der Waals surface area contributed by atoms with E-state index in [2.05, 4.69) is 27.4 Å². The van der Waals surface area contributed by atoms with Crippen LogP contribution in [0, 0.1) is 13.8 Å². The number of fused-ring (bicyclic) bond motifs is 3. The van der Waals surface area contributed by atoms with Crippen LogP contribution in [0.15, 0.2) is 41.3 Å². The molecule has 1 unspecified atom stereocenters. The second-order valence-electron chi connectivity index (χ2n) is 11.4. The second-order valence-corrected chi connectivity index (χ2v) is 13.4. The second kappa shape index (κ2) is 11.0. The molecule has 1 aliphatic carbocycles. The Balaban J connectivity index is 1.44. The molecule has 3 heterocycles. The SMILES string of the molecule is CC[C@@H]1CN(Cc2cc(C(CC(=O)O)c3ccc4c(nnn4C)c3C)cc3c2CCC3)S(O)(O)c2ccc(C)nc2O1. The molecule has 11 heteroatoms. The molecule has 6 rings (SSSR count). The first-order chi connectivity index (χ1) is 20.1. The van der Waals surface area contributed by atoms with Gasteiger partial charge < -0.3 is 9.84 Å². The third-order valence-corrected chi connectivity index (χ3v) is 10.6. The molecule has 42 heavy (non-hydrogen) atoms. The Kier molecular flexibility index (Phi) is 7.46. The number of carbonyl (C=O) groups is 1. The van der Waals surface area contributed by atoms with Crippen molar-refractivity contribution in [3.63, 3.8) is 0 Å². The van der Waals surface area contributed by atoms with Crippen LogP contribution in [-0.2, 0) is 31.2 Å². The molecule has 2 aliphatic rings. The summed E-state index contributed by atoms with van der Waals surface area (Å²) < 4.78 is 32.9. The van der Waals surface area contributed by atoms with E-state index in [-0.39, 0.29) is 18.4 Å². The van der Waals surface area contributed by atoms with Gasteiger partial charge in [0.2, 0.25) is 5.88 Å². The average Bonchev–Trinajstić information content (AvgIpc) is 3.55. The lowest BCUT2D eigenvalue weighted by atomic mass is 9.83. The zero-order valence-electron chi connectivity index (χ0n) is 24.4. The van der Waals surface area contributed by atoms with Gasteiger partial charge in [-0.1, -0.05) is 30.3 Å². The summed E-state index contributed by atoms with van der Waals surface area (Å²) in [5.74, 6) is -1.01. The summed E-state index contributed by atoms with van der Waals surface area (Å²) in [4.78, 5) is 17.0. The van der Waals surface area contributed by atoms with Crippen molar-refractivity contribution in [2.75, 3.05) is 6.54 Å². The third kappa shape index (κ3) is 5.04. The van der Waals surface area contributed by atoms with Crippen LogP contribution in [-0.4, -0.2) is 57.1 Å². The van der Waals surface area contributed by atoms with Crippen molar-refractivity contribution in [3.8, 4) is 5.88 Å². The van der Waals surface area contributed by atoms with Gasteiger partial charge in [0.25, 0.3) is 0 Å². The van der Waals surface area contributed by atoms with Gasteiger partial charge in [-0.3, -0.25) is 13.9 Å². The van der Waals surface area contributed by atoms with E-state index in [0.29, 0.717) is 24.4 Å². The Labute approximate surface area is 246 Å². The number of aliphatic carboxylic acids is 1. The monoisotopic (exact) mass is 591 g/mol. The fraction of sp³-hybridized carbons (Fsp3) is 0.419. The van der Waals surface area contributed by atoms with E-state index in [1.807, 2.05) is 40.0 Å². The summed E-state index contributed by atoms with van der Waals surface area (Å²) in [6, 6.07) is 11.6. The lowest BCUT2D eigenvalue weighted by molar-refractivity contribution is -0.137. The minimum Gasteiger partial charge on any atom is -0.481 e. The van der Waals surface area contributed by atoms with Gasteiger partial charge in [-0.15, -0.1) is 15.9 Å². The predicted molar refractivity (Wildman–Crippen MR) is 161 cm³/mol. The molecular formula is C31H37N5O5S. The molecule has 1 aliphatic heterocycles. The number of aryl methyl sites for hydroxylation is 4. The number of pyridine rings is 1. The Hall–Kier alpha value is -3.51. The van der Waals surface area contributed by atoms with Crippen molar-refractivity contribution < 1.29 is 23.7 Å². The molecule has 0 bridgehead atoms. The number of hydrogen-bond acceptors (Lipinski definition) is 8. The highest BCUT2D eigenvalue weighted by atomic mass is 32.3. The fourth-order valence-corrected chi connectivity index (χ4v) is 7.96. The van der Waals surface area contributed by atoms with Gasteiger partial charge >= 0.3 is 5.97 Å². The first kappa shape index (κ1) is 28.6. The molecule has 0 radical (unpaired) electrons. The molecule has 0 amide bonds. The normalized spacial score (nSPS) is 19.5. The summed E-state index contributed by atoms with van der Waals surface area (Å²) in [6.07, 6.45) is 3.16. The molecule has 0 fully saturated rings. The zero-order chi connectivity index (χ0) is 29.8. The first-order valence-corrected chi connectivity index (χ1v) is 15.9. The van der Waals surface area contributed by atoms with E-state index in [1.165, 1.54) is 11.1 Å². The molecule has 2 aromatic heterocycles. The number of ether oxygens (including phenoxy) is 1. The maximum absolute atomic E-state index is 12.2. The summed E-state index contributed by atoms with van der Waals surface area (Å²) in [7, 11) is -1.55. The summed E-state index contributed by atoms with van der Waals surface area (Å²) in [5, 5.41) is 18.5. The molecule has 0 saturated heterocycles. The van der Waals surface area contributed by atoms with E-state index < -0.39 is 22.7 Å². The van der Waals surface area contributed by atoms with Crippen LogP contribution >= 0.6 is 10.8 Å². The van der Waals surface area contributed by atoms with Gasteiger partial charge in [0, 0.05) is 25.2 Å². The topological polar surface area (TPSA) is 134 Å². The number of carboxylic acid groups (broad SMARTS) is 1. The highest BCUT2D eigenvalue weighted by Gasteiger charge is 2.36. The van der Waals surface area contributed by atoms with Crippen molar-refractivity contribution in [3.05, 3.63) is 75.5 Å². The van der Waals surface area contributed by atoms with Gasteiger partial charge in [0.15, 0.2) is 0 Å². The van der Waals surface area contributed by atoms with E-state index in [0.717, 1.165) is 58.2 Å². The van der Waals surface area contributed by atoms with Crippen molar-refractivity contribution in [1.29, 1.82) is 0 Å². The molecule has 0 saturated carbocycles. The van der Waals surface area contributed by atoms with Crippen LogP contribution < -0.4 is 4.74 Å². The van der Waals surface area contributed by atoms with Crippen molar-refractivity contribution in [2.24, 2.45) is 7.05 Å². The van der Waals surface area contributed by atoms with Crippen LogP contribution in [0.4, 0.5) is 0 Å². The van der Waals surface area contributed by atoms with Gasteiger partial charge in [0.05, 0.1) is 18.5 Å². The van der Waals surface area contributed by atoms with Crippen LogP contribution in [0.25, 0.3) is 11.0 Å². The molecule has 2 aromatic carbocycles. The summed E-state index contributed by atoms with van der Waals surface area (Å²) in [6.45, 7) is 6.47. The molecular weight excluding hydrogens is 554 g/mol. The number of carboxylic acids is 1. The van der Waals surface area contributed by atoms with Crippen LogP contribution in [0.2, 0.25) is 0 Å². The Morgan fingerprint density at radius 3 is 2.74 bits per heavy atom. The van der Waals surface area contributed by atoms with Crippen molar-refractivity contribution >= 4 is 27.8 Å². The minimum atomic E-state index is -3.39. The lowest BCUT2D eigenvalue weighted by Crippen LogP contribution is -2.34. The Morgan fingerprint density at radius 1 is 1.17 bits per heavy atom. The maximum atomic E-state index is 12.2. The standard InChI is InChI=1S/C31H37N5O5S/c1-5-23-17-36(42(39,40)28-12-9-18(2)32-31(28)41-23)16-22-14-21(13-20-7-6-8-25(20)22)26(15-29(37)38)24-10-11-27-30(19(24)3)33-34-35(27)4/h9-14,23,26,39-40H,5-8,15-17H2,1-4H3,(H,37,38)/t23-,26?/m1/s1. The zero-order valence-corrected chi connectivity index (χ0v) is 25.2. The lowest BCUT2D eigenvalue weighted by Gasteiger charge is -2.42. The summed E-state index contributed by atoms with van der Waals surface area (Å²) >= 11 is 0. The molecule has 4 aromatic rings. The predicted octanol–water partition coefficient (Wildman–Crippen LogP) is 5.77. The van der Waals surface area contributed by atoms with E-state index in [9.17, 15) is 19.0 Å². The maximum Gasteiger partial charge on any atom is 0.304 e. The third-order valence-electron chi connectivity index (χ3n) is 8.67. The number of nitrogens with zero attached hydrogens (tertiary/aromatic N) is 5. The number of aromatic nitrogens is 4. The van der Waals surface area contributed by atoms with Crippen LogP contribution in [0.5, 0.6) is 5.88 Å². The molecule has 222 valence electrons. The van der Waals surface area contributed by atoms with E-state index in [4.69, 9.17) is 4.74 Å². The molecule has 10 nitrogen and oxygen atoms in total. The van der Waals surface area contributed by atoms with Crippen LogP contribution in [0.3, 0.4) is 0 Å². The Morgan fingerprint density at radius 2 is 1.98 bits per heavy atom. The van der Waals surface area contributed by atoms with Crippen molar-refractivity contribution in [1.82, 2.24) is 24.3 Å². The summed E-state index contributed by atoms with van der Waals surface area (Å²) in [5.41, 5.74) is 8.53. The highest BCUT2D eigenvalue weighted by molar-refractivity contribution is 8.22. The van der Waals surface area contributed by atoms with Gasteiger partial charge in [-0.05, 0) is 91.1 Å². The quantitative estimate of drug-likeness (QED) is 0.245. The van der Waals surface area contributed by atoms with Gasteiger partial charge in [0.1, 0.15) is 16.5 Å². The number of benzene rings is 2. The van der Waals surface area contributed by atoms with Gasteiger partial charge in [-0.2, -0.15) is 4.31 Å². The van der Waals surface area contributed by atoms with Gasteiger partial charge in [-0.25, -0.2) is 9.67 Å². The smallest absolute Gasteiger partial charge is 0.304 e. The average molecular weight is 592 g/mol. The van der Waals surface area contributed by atoms with E-state index >= 15 is 0 Å². The minimum absolute atomic E-state index is 0.0755. The number of hydrogen-bond donors (Lipinski definition) is 3. The molecule has 2 atom stereocenters. The number of rotatable bonds is 7. The van der Waals surface area contributed by atoms with E-state index in [1.54, 1.807) is 21.1 Å². The molecule has 3 N–H and O–H groups in total. The van der Waals surface area contributed by atoms with Crippen LogP contribution in [0.1, 0.15) is 71.2 Å².